The molecule has 0 aliphatic rings. The van der Waals surface area contributed by atoms with Gasteiger partial charge in [0.25, 0.3) is 0 Å². The van der Waals surface area contributed by atoms with Crippen molar-refractivity contribution in [1.29, 1.82) is 0 Å². The Bertz CT molecular complexity index is 529. The van der Waals surface area contributed by atoms with Gasteiger partial charge in [-0.3, -0.25) is 10.1 Å². The molecular formula is C16H23NO4. The standard InChI is InChI=1S/C16H23NO4/c1-15(2,3)21-14(20)17-12-9-7-6-8-11(12)10-16(4,5)13(18)19/h6-9H,10H2,1-5H3,(H,17,20)(H,18,19). The molecule has 1 aromatic carbocycles. The fraction of sp³-hybridized carbons (Fsp3) is 0.500. The zero-order chi connectivity index (χ0) is 16.3. The number of carboxylic acids is 1. The molecule has 0 unspecified atom stereocenters. The van der Waals surface area contributed by atoms with Crippen LogP contribution in [-0.2, 0) is 16.0 Å². The number of carboxylic acid groups (broad SMARTS) is 1. The highest BCUT2D eigenvalue weighted by Crippen LogP contribution is 2.27. The van der Waals surface area contributed by atoms with E-state index < -0.39 is 23.1 Å². The number of para-hydroxylation sites is 1. The van der Waals surface area contributed by atoms with E-state index in [0.29, 0.717) is 12.1 Å². The molecule has 21 heavy (non-hydrogen) atoms. The number of amides is 1. The number of nitrogens with one attached hydrogen (secondary N) is 1. The molecule has 1 aromatic rings. The van der Waals surface area contributed by atoms with Crippen LogP contribution in [0.4, 0.5) is 10.5 Å². The molecule has 0 saturated carbocycles. The second kappa shape index (κ2) is 6.16. The molecule has 0 aliphatic carbocycles. The Labute approximate surface area is 125 Å². The van der Waals surface area contributed by atoms with Crippen molar-refractivity contribution in [3.05, 3.63) is 29.8 Å². The van der Waals surface area contributed by atoms with Gasteiger partial charge in [0.2, 0.25) is 0 Å². The highest BCUT2D eigenvalue weighted by Gasteiger charge is 2.28. The van der Waals surface area contributed by atoms with Crippen LogP contribution in [0.25, 0.3) is 0 Å². The summed E-state index contributed by atoms with van der Waals surface area (Å²) >= 11 is 0. The highest BCUT2D eigenvalue weighted by molar-refractivity contribution is 5.86. The molecular weight excluding hydrogens is 270 g/mol. The van der Waals surface area contributed by atoms with Crippen LogP contribution in [0.2, 0.25) is 0 Å². The quantitative estimate of drug-likeness (QED) is 0.887. The van der Waals surface area contributed by atoms with E-state index in [9.17, 15) is 14.7 Å². The normalized spacial score (nSPS) is 11.9. The molecule has 116 valence electrons. The Morgan fingerprint density at radius 1 is 1.14 bits per heavy atom. The Morgan fingerprint density at radius 2 is 1.71 bits per heavy atom. The van der Waals surface area contributed by atoms with Crippen LogP contribution in [0, 0.1) is 5.41 Å². The predicted octanol–water partition coefficient (Wildman–Crippen LogP) is 3.69. The largest absolute Gasteiger partial charge is 0.481 e. The number of ether oxygens (including phenoxy) is 1. The van der Waals surface area contributed by atoms with Crippen molar-refractivity contribution in [1.82, 2.24) is 0 Å². The van der Waals surface area contributed by atoms with Crippen LogP contribution in [0.3, 0.4) is 0 Å². The molecule has 0 aliphatic heterocycles. The van der Waals surface area contributed by atoms with E-state index in [4.69, 9.17) is 4.74 Å². The van der Waals surface area contributed by atoms with E-state index in [1.54, 1.807) is 52.8 Å². The summed E-state index contributed by atoms with van der Waals surface area (Å²) in [7, 11) is 0. The zero-order valence-corrected chi connectivity index (χ0v) is 13.2. The smallest absolute Gasteiger partial charge is 0.412 e. The first-order chi connectivity index (χ1) is 9.51. The monoisotopic (exact) mass is 293 g/mol. The number of anilines is 1. The van der Waals surface area contributed by atoms with Gasteiger partial charge in [-0.2, -0.15) is 0 Å². The Morgan fingerprint density at radius 3 is 2.24 bits per heavy atom. The van der Waals surface area contributed by atoms with Crippen LogP contribution in [0.1, 0.15) is 40.2 Å². The van der Waals surface area contributed by atoms with Gasteiger partial charge in [-0.15, -0.1) is 0 Å². The van der Waals surface area contributed by atoms with Gasteiger partial charge in [0.1, 0.15) is 5.60 Å². The lowest BCUT2D eigenvalue weighted by Gasteiger charge is -2.23. The summed E-state index contributed by atoms with van der Waals surface area (Å²) in [4.78, 5) is 23.1. The van der Waals surface area contributed by atoms with Crippen LogP contribution in [-0.4, -0.2) is 22.8 Å². The third-order valence-electron chi connectivity index (χ3n) is 2.86. The third-order valence-corrected chi connectivity index (χ3v) is 2.86. The van der Waals surface area contributed by atoms with E-state index in [1.807, 2.05) is 6.07 Å². The molecule has 5 nitrogen and oxygen atoms in total. The zero-order valence-electron chi connectivity index (χ0n) is 13.2. The first-order valence-electron chi connectivity index (χ1n) is 6.82. The number of carbonyl (C=O) groups excluding carboxylic acids is 1. The van der Waals surface area contributed by atoms with E-state index in [1.165, 1.54) is 0 Å². The van der Waals surface area contributed by atoms with Crippen LogP contribution in [0.15, 0.2) is 24.3 Å². The Hall–Kier alpha value is -2.04. The summed E-state index contributed by atoms with van der Waals surface area (Å²) in [5.74, 6) is -0.880. The average Bonchev–Trinajstić information content (AvgIpc) is 2.28. The summed E-state index contributed by atoms with van der Waals surface area (Å²) in [6.45, 7) is 8.66. The lowest BCUT2D eigenvalue weighted by Crippen LogP contribution is -2.29. The fourth-order valence-electron chi connectivity index (χ4n) is 1.76. The van der Waals surface area contributed by atoms with Crippen molar-refractivity contribution < 1.29 is 19.4 Å². The summed E-state index contributed by atoms with van der Waals surface area (Å²) in [5, 5.41) is 11.9. The molecule has 0 heterocycles. The van der Waals surface area contributed by atoms with Crippen LogP contribution >= 0.6 is 0 Å². The maximum absolute atomic E-state index is 11.8. The van der Waals surface area contributed by atoms with Crippen molar-refractivity contribution in [2.24, 2.45) is 5.41 Å². The lowest BCUT2D eigenvalue weighted by atomic mass is 9.85. The van der Waals surface area contributed by atoms with Crippen molar-refractivity contribution in [3.63, 3.8) is 0 Å². The fourth-order valence-corrected chi connectivity index (χ4v) is 1.76. The van der Waals surface area contributed by atoms with Crippen molar-refractivity contribution in [2.75, 3.05) is 5.32 Å². The number of hydrogen-bond acceptors (Lipinski definition) is 3. The Kier molecular flexibility index (Phi) is 4.99. The molecule has 0 aromatic heterocycles. The second-order valence-electron chi connectivity index (χ2n) is 6.65. The van der Waals surface area contributed by atoms with Crippen molar-refractivity contribution in [2.45, 2.75) is 46.6 Å². The van der Waals surface area contributed by atoms with Gasteiger partial charge < -0.3 is 9.84 Å². The van der Waals surface area contributed by atoms with Gasteiger partial charge in [0.15, 0.2) is 0 Å². The number of carbonyl (C=O) groups is 2. The summed E-state index contributed by atoms with van der Waals surface area (Å²) < 4.78 is 5.21. The van der Waals surface area contributed by atoms with Crippen LogP contribution in [0.5, 0.6) is 0 Å². The molecule has 0 bridgehead atoms. The van der Waals surface area contributed by atoms with Gasteiger partial charge in [0.05, 0.1) is 5.41 Å². The number of rotatable bonds is 4. The minimum absolute atomic E-state index is 0.314. The van der Waals surface area contributed by atoms with Crippen molar-refractivity contribution >= 4 is 17.7 Å². The molecule has 5 heteroatoms. The minimum atomic E-state index is -0.911. The molecule has 0 saturated heterocycles. The predicted molar refractivity (Wildman–Crippen MR) is 81.4 cm³/mol. The molecule has 0 radical (unpaired) electrons. The van der Waals surface area contributed by atoms with E-state index >= 15 is 0 Å². The van der Waals surface area contributed by atoms with Gasteiger partial charge in [0, 0.05) is 5.69 Å². The molecule has 2 N–H and O–H groups in total. The van der Waals surface area contributed by atoms with Gasteiger partial charge in [-0.1, -0.05) is 18.2 Å². The van der Waals surface area contributed by atoms with E-state index in [-0.39, 0.29) is 0 Å². The molecule has 1 amide bonds. The second-order valence-corrected chi connectivity index (χ2v) is 6.65. The molecule has 0 atom stereocenters. The molecule has 1 rings (SSSR count). The van der Waals surface area contributed by atoms with Crippen molar-refractivity contribution in [3.8, 4) is 0 Å². The third kappa shape index (κ3) is 5.45. The maximum Gasteiger partial charge on any atom is 0.412 e. The Balaban J connectivity index is 2.90. The maximum atomic E-state index is 11.8. The summed E-state index contributed by atoms with van der Waals surface area (Å²) in [6.07, 6.45) is -0.239. The van der Waals surface area contributed by atoms with E-state index in [2.05, 4.69) is 5.32 Å². The van der Waals surface area contributed by atoms with E-state index in [0.717, 1.165) is 5.56 Å². The van der Waals surface area contributed by atoms with Crippen LogP contribution < -0.4 is 5.32 Å². The molecule has 0 spiro atoms. The lowest BCUT2D eigenvalue weighted by molar-refractivity contribution is -0.146. The van der Waals surface area contributed by atoms with Gasteiger partial charge >= 0.3 is 12.1 Å². The van der Waals surface area contributed by atoms with Gasteiger partial charge in [-0.25, -0.2) is 4.79 Å². The first kappa shape index (κ1) is 17.0. The minimum Gasteiger partial charge on any atom is -0.481 e. The average molecular weight is 293 g/mol. The van der Waals surface area contributed by atoms with Gasteiger partial charge in [-0.05, 0) is 52.7 Å². The molecule has 0 fully saturated rings. The summed E-state index contributed by atoms with van der Waals surface area (Å²) in [5.41, 5.74) is -0.165. The number of hydrogen-bond donors (Lipinski definition) is 2. The number of benzene rings is 1. The highest BCUT2D eigenvalue weighted by atomic mass is 16.6. The topological polar surface area (TPSA) is 75.6 Å². The SMILES string of the molecule is CC(C)(C)OC(=O)Nc1ccccc1CC(C)(C)C(=O)O. The first-order valence-corrected chi connectivity index (χ1v) is 6.82. The number of aliphatic carboxylic acids is 1. The summed E-state index contributed by atoms with van der Waals surface area (Å²) in [6, 6.07) is 7.13.